The molecule has 8 heteroatoms. The van der Waals surface area contributed by atoms with E-state index in [9.17, 15) is 0 Å². The summed E-state index contributed by atoms with van der Waals surface area (Å²) in [7, 11) is 0. The summed E-state index contributed by atoms with van der Waals surface area (Å²) in [4.78, 5) is 13.1. The molecule has 1 saturated heterocycles. The van der Waals surface area contributed by atoms with Gasteiger partial charge in [-0.25, -0.2) is 14.5 Å². The smallest absolute Gasteiger partial charge is 0.165 e. The van der Waals surface area contributed by atoms with Crippen molar-refractivity contribution in [2.45, 2.75) is 18.9 Å². The third-order valence-corrected chi connectivity index (χ3v) is 4.22. The zero-order chi connectivity index (χ0) is 15.6. The number of aromatic nitrogens is 5. The molecule has 0 unspecified atom stereocenters. The number of piperidine rings is 1. The number of hydrogen-bond acceptors (Lipinski definition) is 6. The normalized spacial score (nSPS) is 18.2. The molecule has 0 saturated carbocycles. The summed E-state index contributed by atoms with van der Waals surface area (Å²) in [6, 6.07) is 0.328. The van der Waals surface area contributed by atoms with E-state index in [-0.39, 0.29) is 0 Å². The minimum absolute atomic E-state index is 0.328. The molecule has 4 heterocycles. The summed E-state index contributed by atoms with van der Waals surface area (Å²) in [5, 5.41) is 11.6. The fraction of sp³-hybridized carbons (Fsp3) is 0.333. The highest BCUT2D eigenvalue weighted by atomic mass is 35.5. The molecule has 0 bridgehead atoms. The molecule has 4 rings (SSSR count). The molecule has 1 atom stereocenters. The van der Waals surface area contributed by atoms with Crippen LogP contribution in [0.5, 0.6) is 0 Å². The molecular weight excluding hydrogens is 314 g/mol. The molecule has 1 aliphatic rings. The lowest BCUT2D eigenvalue weighted by Gasteiger charge is -2.24. The number of hydrogen-bond donors (Lipinski definition) is 2. The molecule has 3 aromatic rings. The number of nitrogens with one attached hydrogen (secondary N) is 2. The molecule has 1 fully saturated rings. The van der Waals surface area contributed by atoms with E-state index in [1.807, 2.05) is 0 Å². The fourth-order valence-corrected chi connectivity index (χ4v) is 2.92. The van der Waals surface area contributed by atoms with Gasteiger partial charge in [0.2, 0.25) is 0 Å². The lowest BCUT2D eigenvalue weighted by molar-refractivity contribution is 0.479. The number of nitrogens with zero attached hydrogens (tertiary/aromatic N) is 5. The molecule has 0 aliphatic carbocycles. The van der Waals surface area contributed by atoms with Crippen LogP contribution in [0.4, 0.5) is 5.82 Å². The van der Waals surface area contributed by atoms with Crippen molar-refractivity contribution in [3.63, 3.8) is 0 Å². The van der Waals surface area contributed by atoms with Crippen molar-refractivity contribution < 1.29 is 0 Å². The van der Waals surface area contributed by atoms with Crippen molar-refractivity contribution in [2.24, 2.45) is 0 Å². The van der Waals surface area contributed by atoms with E-state index < -0.39 is 0 Å². The van der Waals surface area contributed by atoms with E-state index in [4.69, 9.17) is 11.6 Å². The quantitative estimate of drug-likeness (QED) is 0.765. The second-order valence-corrected chi connectivity index (χ2v) is 5.95. The third-order valence-electron chi connectivity index (χ3n) is 3.95. The van der Waals surface area contributed by atoms with E-state index in [0.29, 0.717) is 22.7 Å². The van der Waals surface area contributed by atoms with E-state index in [1.165, 1.54) is 0 Å². The Balaban J connectivity index is 1.68. The van der Waals surface area contributed by atoms with Crippen LogP contribution in [0.1, 0.15) is 12.8 Å². The van der Waals surface area contributed by atoms with Gasteiger partial charge in [-0.1, -0.05) is 11.6 Å². The van der Waals surface area contributed by atoms with E-state index in [2.05, 4.69) is 30.7 Å². The van der Waals surface area contributed by atoms with Gasteiger partial charge in [-0.3, -0.25) is 4.98 Å². The van der Waals surface area contributed by atoms with Crippen molar-refractivity contribution >= 4 is 22.9 Å². The molecule has 0 radical (unpaired) electrons. The number of fused-ring (bicyclic) bond motifs is 1. The van der Waals surface area contributed by atoms with Crippen LogP contribution in [0.2, 0.25) is 5.02 Å². The first-order chi connectivity index (χ1) is 11.3. The SMILES string of the molecule is Clc1cnc(-c2cnn3ccncc23)nc1N[C@@H]1CCCNC1. The second-order valence-electron chi connectivity index (χ2n) is 5.54. The Labute approximate surface area is 138 Å². The Morgan fingerprint density at radius 1 is 1.30 bits per heavy atom. The Kier molecular flexibility index (Phi) is 3.80. The molecule has 23 heavy (non-hydrogen) atoms. The first kappa shape index (κ1) is 14.3. The van der Waals surface area contributed by atoms with Gasteiger partial charge in [-0.15, -0.1) is 0 Å². The van der Waals surface area contributed by atoms with Gasteiger partial charge in [-0.05, 0) is 19.4 Å². The van der Waals surface area contributed by atoms with Crippen molar-refractivity contribution in [1.82, 2.24) is 29.9 Å². The van der Waals surface area contributed by atoms with Gasteiger partial charge in [0.25, 0.3) is 0 Å². The number of anilines is 1. The molecule has 3 aromatic heterocycles. The molecule has 7 nitrogen and oxygen atoms in total. The van der Waals surface area contributed by atoms with Crippen LogP contribution in [0.25, 0.3) is 16.9 Å². The Hall–Kier alpha value is -2.25. The maximum absolute atomic E-state index is 6.25. The van der Waals surface area contributed by atoms with Crippen LogP contribution in [0.3, 0.4) is 0 Å². The molecule has 1 aliphatic heterocycles. The highest BCUT2D eigenvalue weighted by molar-refractivity contribution is 6.32. The topological polar surface area (TPSA) is 80.0 Å². The van der Waals surface area contributed by atoms with Gasteiger partial charge in [-0.2, -0.15) is 5.10 Å². The van der Waals surface area contributed by atoms with Crippen molar-refractivity contribution in [3.05, 3.63) is 36.0 Å². The zero-order valence-corrected chi connectivity index (χ0v) is 13.2. The van der Waals surface area contributed by atoms with Crippen LogP contribution in [0, 0.1) is 0 Å². The van der Waals surface area contributed by atoms with Crippen LogP contribution < -0.4 is 10.6 Å². The van der Waals surface area contributed by atoms with Crippen molar-refractivity contribution in [1.29, 1.82) is 0 Å². The van der Waals surface area contributed by atoms with Gasteiger partial charge in [0.15, 0.2) is 5.82 Å². The van der Waals surface area contributed by atoms with Crippen LogP contribution in [-0.4, -0.2) is 43.7 Å². The van der Waals surface area contributed by atoms with Crippen LogP contribution in [0.15, 0.2) is 31.0 Å². The lowest BCUT2D eigenvalue weighted by Crippen LogP contribution is -2.38. The lowest BCUT2D eigenvalue weighted by atomic mass is 10.1. The first-order valence-corrected chi connectivity index (χ1v) is 7.96. The molecule has 2 N–H and O–H groups in total. The molecule has 118 valence electrons. The molecule has 0 amide bonds. The van der Waals surface area contributed by atoms with E-state index in [1.54, 1.807) is 35.5 Å². The van der Waals surface area contributed by atoms with Gasteiger partial charge < -0.3 is 10.6 Å². The monoisotopic (exact) mass is 329 g/mol. The van der Waals surface area contributed by atoms with Gasteiger partial charge in [0, 0.05) is 25.0 Å². The number of rotatable bonds is 3. The fourth-order valence-electron chi connectivity index (χ4n) is 2.77. The van der Waals surface area contributed by atoms with Gasteiger partial charge in [0.1, 0.15) is 10.8 Å². The van der Waals surface area contributed by atoms with E-state index in [0.717, 1.165) is 37.0 Å². The second kappa shape index (κ2) is 6.10. The highest BCUT2D eigenvalue weighted by Gasteiger charge is 2.17. The standard InChI is InChI=1S/C15H16ClN7/c16-12-8-19-14(11-7-20-23-5-4-18-9-13(11)23)22-15(12)21-10-2-1-3-17-6-10/h4-5,7-10,17H,1-3,6H2,(H,19,21,22)/t10-/m1/s1. The summed E-state index contributed by atoms with van der Waals surface area (Å²) in [6.07, 6.45) is 10.8. The van der Waals surface area contributed by atoms with E-state index >= 15 is 0 Å². The van der Waals surface area contributed by atoms with Crippen LogP contribution >= 0.6 is 11.6 Å². The Morgan fingerprint density at radius 3 is 3.13 bits per heavy atom. The summed E-state index contributed by atoms with van der Waals surface area (Å²) in [6.45, 7) is 1.98. The predicted octanol–water partition coefficient (Wildman–Crippen LogP) is 2.00. The Morgan fingerprint density at radius 2 is 2.26 bits per heavy atom. The maximum atomic E-state index is 6.25. The largest absolute Gasteiger partial charge is 0.365 e. The molecular formula is C15H16ClN7. The Bertz CT molecular complexity index is 826. The van der Waals surface area contributed by atoms with Crippen molar-refractivity contribution in [3.8, 4) is 11.4 Å². The molecule has 0 spiro atoms. The highest BCUT2D eigenvalue weighted by Crippen LogP contribution is 2.26. The summed E-state index contributed by atoms with van der Waals surface area (Å²) in [5.74, 6) is 1.25. The maximum Gasteiger partial charge on any atom is 0.165 e. The van der Waals surface area contributed by atoms with Crippen LogP contribution in [-0.2, 0) is 0 Å². The average molecular weight is 330 g/mol. The molecule has 0 aromatic carbocycles. The van der Waals surface area contributed by atoms with Gasteiger partial charge >= 0.3 is 0 Å². The minimum atomic E-state index is 0.328. The average Bonchev–Trinajstić information content (AvgIpc) is 3.02. The predicted molar refractivity (Wildman–Crippen MR) is 88.5 cm³/mol. The first-order valence-electron chi connectivity index (χ1n) is 7.59. The number of halogens is 1. The summed E-state index contributed by atoms with van der Waals surface area (Å²) < 4.78 is 1.75. The minimum Gasteiger partial charge on any atom is -0.365 e. The summed E-state index contributed by atoms with van der Waals surface area (Å²) >= 11 is 6.25. The van der Waals surface area contributed by atoms with Gasteiger partial charge in [0.05, 0.1) is 29.7 Å². The summed E-state index contributed by atoms with van der Waals surface area (Å²) in [5.41, 5.74) is 1.69. The van der Waals surface area contributed by atoms with Crippen molar-refractivity contribution in [2.75, 3.05) is 18.4 Å². The zero-order valence-electron chi connectivity index (χ0n) is 12.4. The third kappa shape index (κ3) is 2.85.